The van der Waals surface area contributed by atoms with Crippen molar-refractivity contribution in [2.75, 3.05) is 26.2 Å². The highest BCUT2D eigenvalue weighted by molar-refractivity contribution is 4.78. The highest BCUT2D eigenvalue weighted by Crippen LogP contribution is 2.10. The van der Waals surface area contributed by atoms with Crippen LogP contribution >= 0.6 is 0 Å². The van der Waals surface area contributed by atoms with E-state index in [1.807, 2.05) is 0 Å². The molecule has 0 spiro atoms. The molecule has 0 radical (unpaired) electrons. The van der Waals surface area contributed by atoms with E-state index in [9.17, 15) is 0 Å². The van der Waals surface area contributed by atoms with Crippen LogP contribution in [0.3, 0.4) is 0 Å². The topological polar surface area (TPSA) is 44.3 Å². The molecule has 1 fully saturated rings. The Morgan fingerprint density at radius 1 is 1.50 bits per heavy atom. The zero-order chi connectivity index (χ0) is 10.2. The Kier molecular flexibility index (Phi) is 6.15. The molecule has 0 aromatic heterocycles. The lowest BCUT2D eigenvalue weighted by Crippen LogP contribution is -2.35. The van der Waals surface area contributed by atoms with Crippen molar-refractivity contribution in [3.05, 3.63) is 0 Å². The van der Waals surface area contributed by atoms with Gasteiger partial charge in [0, 0.05) is 19.2 Å². The summed E-state index contributed by atoms with van der Waals surface area (Å²) in [6, 6.07) is 0.660. The molecule has 3 nitrogen and oxygen atoms in total. The first-order valence-corrected chi connectivity index (χ1v) is 5.91. The molecule has 0 bridgehead atoms. The lowest BCUT2D eigenvalue weighted by atomic mass is 10.00. The molecule has 1 heterocycles. The van der Waals surface area contributed by atoms with Crippen LogP contribution in [0.2, 0.25) is 0 Å². The molecule has 3 N–H and O–H groups in total. The van der Waals surface area contributed by atoms with Gasteiger partial charge in [0.15, 0.2) is 0 Å². The smallest absolute Gasteiger partial charge is 0.0434 e. The molecule has 1 aliphatic heterocycles. The summed E-state index contributed by atoms with van der Waals surface area (Å²) >= 11 is 0. The van der Waals surface area contributed by atoms with E-state index in [1.165, 1.54) is 19.3 Å². The van der Waals surface area contributed by atoms with Crippen molar-refractivity contribution in [2.45, 2.75) is 38.6 Å². The molecular formula is C11H24N2O. The molecule has 1 saturated heterocycles. The average Bonchev–Trinajstić information content (AvgIpc) is 2.67. The van der Waals surface area contributed by atoms with Gasteiger partial charge in [-0.1, -0.05) is 13.3 Å². The molecule has 84 valence electrons. The van der Waals surface area contributed by atoms with Crippen LogP contribution < -0.4 is 10.6 Å². The van der Waals surface area contributed by atoms with Gasteiger partial charge in [0.1, 0.15) is 0 Å². The second-order valence-electron chi connectivity index (χ2n) is 4.26. The predicted octanol–water partition coefficient (Wildman–Crippen LogP) is 0.737. The second kappa shape index (κ2) is 7.21. The fourth-order valence-corrected chi connectivity index (χ4v) is 2.10. The van der Waals surface area contributed by atoms with E-state index in [-0.39, 0.29) is 0 Å². The van der Waals surface area contributed by atoms with Gasteiger partial charge in [-0.25, -0.2) is 0 Å². The van der Waals surface area contributed by atoms with Crippen LogP contribution in [0.25, 0.3) is 0 Å². The van der Waals surface area contributed by atoms with Crippen molar-refractivity contribution in [3.8, 4) is 0 Å². The predicted molar refractivity (Wildman–Crippen MR) is 59.4 cm³/mol. The van der Waals surface area contributed by atoms with Crippen LogP contribution in [0, 0.1) is 5.92 Å². The molecule has 3 heteroatoms. The molecule has 0 aliphatic carbocycles. The molecule has 1 rings (SSSR count). The standard InChI is InChI=1S/C11H24N2O/c1-2-3-10(5-7-14)8-13-11-4-6-12-9-11/h10-14H,2-9H2,1H3. The maximum Gasteiger partial charge on any atom is 0.0434 e. The zero-order valence-corrected chi connectivity index (χ0v) is 9.26. The number of nitrogens with one attached hydrogen (secondary N) is 2. The van der Waals surface area contributed by atoms with Gasteiger partial charge in [0.2, 0.25) is 0 Å². The van der Waals surface area contributed by atoms with Crippen LogP contribution in [-0.4, -0.2) is 37.4 Å². The van der Waals surface area contributed by atoms with E-state index in [0.717, 1.165) is 26.1 Å². The summed E-state index contributed by atoms with van der Waals surface area (Å²) in [5.74, 6) is 0.658. The van der Waals surface area contributed by atoms with Crippen LogP contribution in [0.5, 0.6) is 0 Å². The van der Waals surface area contributed by atoms with Gasteiger partial charge in [0.05, 0.1) is 0 Å². The molecular weight excluding hydrogens is 176 g/mol. The number of aliphatic hydroxyl groups is 1. The maximum absolute atomic E-state index is 8.92. The fourth-order valence-electron chi connectivity index (χ4n) is 2.10. The Morgan fingerprint density at radius 2 is 2.36 bits per heavy atom. The third-order valence-corrected chi connectivity index (χ3v) is 2.99. The SMILES string of the molecule is CCCC(CCO)CNC1CCNC1. The largest absolute Gasteiger partial charge is 0.396 e. The molecule has 0 aromatic carbocycles. The third-order valence-electron chi connectivity index (χ3n) is 2.99. The van der Waals surface area contributed by atoms with E-state index in [1.54, 1.807) is 0 Å². The van der Waals surface area contributed by atoms with E-state index in [4.69, 9.17) is 5.11 Å². The summed E-state index contributed by atoms with van der Waals surface area (Å²) in [5.41, 5.74) is 0. The van der Waals surface area contributed by atoms with Crippen molar-refractivity contribution in [1.29, 1.82) is 0 Å². The highest BCUT2D eigenvalue weighted by atomic mass is 16.3. The van der Waals surface area contributed by atoms with Gasteiger partial charge in [-0.05, 0) is 38.3 Å². The average molecular weight is 200 g/mol. The zero-order valence-electron chi connectivity index (χ0n) is 9.26. The summed E-state index contributed by atoms with van der Waals surface area (Å²) in [6.07, 6.45) is 4.64. The Hall–Kier alpha value is -0.120. The van der Waals surface area contributed by atoms with Crippen molar-refractivity contribution >= 4 is 0 Å². The summed E-state index contributed by atoms with van der Waals surface area (Å²) in [6.45, 7) is 5.87. The Balaban J connectivity index is 2.10. The van der Waals surface area contributed by atoms with Gasteiger partial charge in [-0.2, -0.15) is 0 Å². The fraction of sp³-hybridized carbons (Fsp3) is 1.00. The summed E-state index contributed by atoms with van der Waals surface area (Å²) in [7, 11) is 0. The lowest BCUT2D eigenvalue weighted by molar-refractivity contribution is 0.245. The summed E-state index contributed by atoms with van der Waals surface area (Å²) < 4.78 is 0. The van der Waals surface area contributed by atoms with Crippen LogP contribution in [0.1, 0.15) is 32.6 Å². The minimum absolute atomic E-state index is 0.329. The van der Waals surface area contributed by atoms with Crippen LogP contribution in [0.4, 0.5) is 0 Å². The number of hydrogen-bond acceptors (Lipinski definition) is 3. The maximum atomic E-state index is 8.92. The van der Waals surface area contributed by atoms with Gasteiger partial charge < -0.3 is 15.7 Å². The molecule has 14 heavy (non-hydrogen) atoms. The number of aliphatic hydroxyl groups excluding tert-OH is 1. The van der Waals surface area contributed by atoms with Gasteiger partial charge >= 0.3 is 0 Å². The lowest BCUT2D eigenvalue weighted by Gasteiger charge is -2.18. The van der Waals surface area contributed by atoms with E-state index in [2.05, 4.69) is 17.6 Å². The van der Waals surface area contributed by atoms with Crippen molar-refractivity contribution < 1.29 is 5.11 Å². The molecule has 0 aromatic rings. The van der Waals surface area contributed by atoms with Gasteiger partial charge in [-0.15, -0.1) is 0 Å². The Morgan fingerprint density at radius 3 is 2.93 bits per heavy atom. The molecule has 0 saturated carbocycles. The van der Waals surface area contributed by atoms with E-state index >= 15 is 0 Å². The minimum Gasteiger partial charge on any atom is -0.396 e. The Bertz CT molecular complexity index is 129. The summed E-state index contributed by atoms with van der Waals surface area (Å²) in [4.78, 5) is 0. The monoisotopic (exact) mass is 200 g/mol. The van der Waals surface area contributed by atoms with E-state index < -0.39 is 0 Å². The Labute approximate surface area is 87.3 Å². The second-order valence-corrected chi connectivity index (χ2v) is 4.26. The van der Waals surface area contributed by atoms with Crippen LogP contribution in [-0.2, 0) is 0 Å². The normalized spacial score (nSPS) is 24.0. The van der Waals surface area contributed by atoms with E-state index in [0.29, 0.717) is 18.6 Å². The van der Waals surface area contributed by atoms with Crippen LogP contribution in [0.15, 0.2) is 0 Å². The van der Waals surface area contributed by atoms with Crippen molar-refractivity contribution in [3.63, 3.8) is 0 Å². The molecule has 2 atom stereocenters. The first-order chi connectivity index (χ1) is 6.86. The van der Waals surface area contributed by atoms with Crippen molar-refractivity contribution in [2.24, 2.45) is 5.92 Å². The third kappa shape index (κ3) is 4.40. The quantitative estimate of drug-likeness (QED) is 0.568. The number of rotatable bonds is 7. The molecule has 1 aliphatic rings. The highest BCUT2D eigenvalue weighted by Gasteiger charge is 2.15. The molecule has 2 unspecified atom stereocenters. The van der Waals surface area contributed by atoms with Gasteiger partial charge in [0.25, 0.3) is 0 Å². The molecule has 0 amide bonds. The first kappa shape index (κ1) is 12.0. The van der Waals surface area contributed by atoms with Gasteiger partial charge in [-0.3, -0.25) is 0 Å². The minimum atomic E-state index is 0.329. The van der Waals surface area contributed by atoms with Crippen molar-refractivity contribution in [1.82, 2.24) is 10.6 Å². The number of hydrogen-bond donors (Lipinski definition) is 3. The summed E-state index contributed by atoms with van der Waals surface area (Å²) in [5, 5.41) is 15.8. The first-order valence-electron chi connectivity index (χ1n) is 5.91.